The molecule has 2 N–H and O–H groups in total. The minimum absolute atomic E-state index is 0.103. The maximum Gasteiger partial charge on any atom is 0.433 e. The van der Waals surface area contributed by atoms with Crippen molar-refractivity contribution < 1.29 is 18.0 Å². The lowest BCUT2D eigenvalue weighted by Gasteiger charge is -2.33. The van der Waals surface area contributed by atoms with Gasteiger partial charge in [0.05, 0.1) is 5.92 Å². The Bertz CT molecular complexity index is 1210. The third kappa shape index (κ3) is 6.95. The second kappa shape index (κ2) is 11.4. The smallest absolute Gasteiger partial charge is 0.356 e. The first-order valence-electron chi connectivity index (χ1n) is 12.3. The monoisotopic (exact) mass is 530 g/mol. The summed E-state index contributed by atoms with van der Waals surface area (Å²) < 4.78 is 40.0. The van der Waals surface area contributed by atoms with Crippen molar-refractivity contribution >= 4 is 34.7 Å². The average molecular weight is 531 g/mol. The molecule has 2 heterocycles. The molecule has 0 spiro atoms. The molecule has 0 saturated carbocycles. The highest BCUT2D eigenvalue weighted by atomic mass is 35.5. The number of halogens is 4. The van der Waals surface area contributed by atoms with Gasteiger partial charge < -0.3 is 15.5 Å². The van der Waals surface area contributed by atoms with Crippen LogP contribution in [0.1, 0.15) is 49.4 Å². The molecule has 37 heavy (non-hydrogen) atoms. The number of alkyl halides is 3. The Labute approximate surface area is 220 Å². The number of amides is 1. The molecule has 9 heteroatoms. The van der Waals surface area contributed by atoms with E-state index < -0.39 is 17.8 Å². The second-order valence-corrected chi connectivity index (χ2v) is 9.98. The minimum Gasteiger partial charge on any atom is -0.356 e. The van der Waals surface area contributed by atoms with Crippen molar-refractivity contribution in [2.75, 3.05) is 23.3 Å². The predicted molar refractivity (Wildman–Crippen MR) is 141 cm³/mol. The molecule has 0 aliphatic carbocycles. The van der Waals surface area contributed by atoms with Gasteiger partial charge in [0, 0.05) is 41.6 Å². The summed E-state index contributed by atoms with van der Waals surface area (Å²) in [4.78, 5) is 18.8. The summed E-state index contributed by atoms with van der Waals surface area (Å²) in [5, 5.41) is 6.82. The highest BCUT2D eigenvalue weighted by Gasteiger charge is 2.34. The lowest BCUT2D eigenvalue weighted by Crippen LogP contribution is -2.35. The Morgan fingerprint density at radius 2 is 1.62 bits per heavy atom. The van der Waals surface area contributed by atoms with E-state index in [4.69, 9.17) is 11.6 Å². The summed E-state index contributed by atoms with van der Waals surface area (Å²) in [5.74, 6) is 0.175. The first-order chi connectivity index (χ1) is 17.6. The molecular formula is C28H30ClF3N4O. The van der Waals surface area contributed by atoms with E-state index >= 15 is 0 Å². The third-order valence-electron chi connectivity index (χ3n) is 6.72. The molecule has 1 fully saturated rings. The van der Waals surface area contributed by atoms with Gasteiger partial charge in [0.25, 0.3) is 0 Å². The van der Waals surface area contributed by atoms with E-state index in [-0.39, 0.29) is 12.5 Å². The summed E-state index contributed by atoms with van der Waals surface area (Å²) in [6.45, 7) is 5.33. The summed E-state index contributed by atoms with van der Waals surface area (Å²) in [5.41, 5.74) is 2.25. The van der Waals surface area contributed by atoms with Crippen LogP contribution in [-0.4, -0.2) is 24.0 Å². The Balaban J connectivity index is 1.42. The van der Waals surface area contributed by atoms with Gasteiger partial charge in [-0.15, -0.1) is 0 Å². The van der Waals surface area contributed by atoms with Crippen LogP contribution < -0.4 is 15.5 Å². The number of carbonyl (C=O) groups excluding carboxylic acids is 1. The van der Waals surface area contributed by atoms with E-state index in [9.17, 15) is 18.0 Å². The van der Waals surface area contributed by atoms with Crippen molar-refractivity contribution in [1.29, 1.82) is 0 Å². The molecule has 1 aliphatic heterocycles. The van der Waals surface area contributed by atoms with E-state index in [0.717, 1.165) is 35.8 Å². The fourth-order valence-electron chi connectivity index (χ4n) is 4.31. The van der Waals surface area contributed by atoms with Crippen LogP contribution in [0.4, 0.5) is 30.4 Å². The van der Waals surface area contributed by atoms with Crippen LogP contribution in [0.3, 0.4) is 0 Å². The van der Waals surface area contributed by atoms with Crippen molar-refractivity contribution in [3.05, 3.63) is 82.5 Å². The number of nitrogens with zero attached hydrogens (tertiary/aromatic N) is 2. The number of hydrogen-bond donors (Lipinski definition) is 2. The fraction of sp³-hybridized carbons (Fsp3) is 0.357. The molecule has 1 saturated heterocycles. The van der Waals surface area contributed by atoms with Crippen molar-refractivity contribution in [1.82, 2.24) is 10.3 Å². The van der Waals surface area contributed by atoms with E-state index in [1.165, 1.54) is 6.07 Å². The molecule has 3 aromatic rings. The topological polar surface area (TPSA) is 57.3 Å². The lowest BCUT2D eigenvalue weighted by atomic mass is 9.98. The molecule has 0 bridgehead atoms. The number of piperidine rings is 1. The molecule has 1 aliphatic rings. The maximum absolute atomic E-state index is 13.3. The number of rotatable bonds is 7. The number of benzene rings is 2. The van der Waals surface area contributed by atoms with Gasteiger partial charge in [0.2, 0.25) is 5.91 Å². The van der Waals surface area contributed by atoms with Crippen LogP contribution >= 0.6 is 11.6 Å². The SMILES string of the molecule is CC1CCN(c2nc(C(F)(F)F)ccc2CNC(=O)C(C)c2ccc(Nc3ccc(Cl)cc3)cc2)CC1. The van der Waals surface area contributed by atoms with Gasteiger partial charge in [-0.25, -0.2) is 4.98 Å². The van der Waals surface area contributed by atoms with Crippen molar-refractivity contribution in [3.63, 3.8) is 0 Å². The molecule has 5 nitrogen and oxygen atoms in total. The normalized spacial score (nSPS) is 15.4. The van der Waals surface area contributed by atoms with Gasteiger partial charge >= 0.3 is 6.18 Å². The Morgan fingerprint density at radius 1 is 1.03 bits per heavy atom. The molecule has 1 amide bonds. The molecule has 196 valence electrons. The van der Waals surface area contributed by atoms with Crippen molar-refractivity contribution in [2.24, 2.45) is 5.92 Å². The van der Waals surface area contributed by atoms with Crippen LogP contribution in [0.2, 0.25) is 5.02 Å². The number of hydrogen-bond acceptors (Lipinski definition) is 4. The van der Waals surface area contributed by atoms with Gasteiger partial charge in [-0.3, -0.25) is 4.79 Å². The first-order valence-corrected chi connectivity index (χ1v) is 12.7. The number of carbonyl (C=O) groups is 1. The fourth-order valence-corrected chi connectivity index (χ4v) is 4.44. The number of anilines is 3. The zero-order chi connectivity index (χ0) is 26.6. The largest absolute Gasteiger partial charge is 0.433 e. The highest BCUT2D eigenvalue weighted by Crippen LogP contribution is 2.32. The van der Waals surface area contributed by atoms with Crippen molar-refractivity contribution in [3.8, 4) is 0 Å². The minimum atomic E-state index is -4.53. The molecule has 1 unspecified atom stereocenters. The van der Waals surface area contributed by atoms with Gasteiger partial charge in [-0.1, -0.05) is 36.7 Å². The molecule has 2 aromatic carbocycles. The third-order valence-corrected chi connectivity index (χ3v) is 6.97. The molecule has 4 rings (SSSR count). The van der Waals surface area contributed by atoms with Gasteiger partial charge in [-0.2, -0.15) is 13.2 Å². The van der Waals surface area contributed by atoms with E-state index in [0.29, 0.717) is 35.4 Å². The summed E-state index contributed by atoms with van der Waals surface area (Å²) >= 11 is 5.93. The molecule has 1 aromatic heterocycles. The summed E-state index contributed by atoms with van der Waals surface area (Å²) in [6.07, 6.45) is -2.74. The maximum atomic E-state index is 13.3. The lowest BCUT2D eigenvalue weighted by molar-refractivity contribution is -0.141. The van der Waals surface area contributed by atoms with Crippen LogP contribution in [0.5, 0.6) is 0 Å². The number of pyridine rings is 1. The van der Waals surface area contributed by atoms with E-state index in [1.807, 2.05) is 41.3 Å². The zero-order valence-corrected chi connectivity index (χ0v) is 21.5. The van der Waals surface area contributed by atoms with Crippen molar-refractivity contribution in [2.45, 2.75) is 45.3 Å². The molecule has 1 atom stereocenters. The van der Waals surface area contributed by atoms with Gasteiger partial charge in [0.15, 0.2) is 0 Å². The quantitative estimate of drug-likeness (QED) is 0.340. The van der Waals surface area contributed by atoms with E-state index in [1.54, 1.807) is 19.1 Å². The van der Waals surface area contributed by atoms with Crippen LogP contribution in [0.15, 0.2) is 60.7 Å². The highest BCUT2D eigenvalue weighted by molar-refractivity contribution is 6.30. The number of aromatic nitrogens is 1. The predicted octanol–water partition coefficient (Wildman–Crippen LogP) is 7.15. The Morgan fingerprint density at radius 3 is 2.22 bits per heavy atom. The average Bonchev–Trinajstić information content (AvgIpc) is 2.88. The second-order valence-electron chi connectivity index (χ2n) is 9.54. The van der Waals surface area contributed by atoms with Crippen LogP contribution in [0.25, 0.3) is 0 Å². The summed E-state index contributed by atoms with van der Waals surface area (Å²) in [7, 11) is 0. The molecular weight excluding hydrogens is 501 g/mol. The van der Waals surface area contributed by atoms with Crippen LogP contribution in [0, 0.1) is 5.92 Å². The standard InChI is InChI=1S/C28H30ClF3N4O/c1-18-13-15-36(16-14-18)26-21(5-12-25(35-26)28(30,31)32)17-33-27(37)19(2)20-3-8-23(9-4-20)34-24-10-6-22(29)7-11-24/h3-12,18-19,34H,13-17H2,1-2H3,(H,33,37). The van der Waals surface area contributed by atoms with E-state index in [2.05, 4.69) is 22.5 Å². The first kappa shape index (κ1) is 26.8. The zero-order valence-electron chi connectivity index (χ0n) is 20.8. The Kier molecular flexibility index (Phi) is 8.27. The molecule has 0 radical (unpaired) electrons. The van der Waals surface area contributed by atoms with Gasteiger partial charge in [0.1, 0.15) is 11.5 Å². The van der Waals surface area contributed by atoms with Gasteiger partial charge in [-0.05, 0) is 73.7 Å². The summed E-state index contributed by atoms with van der Waals surface area (Å²) in [6, 6.07) is 17.3. The Hall–Kier alpha value is -3.26. The van der Waals surface area contributed by atoms with Crippen LogP contribution in [-0.2, 0) is 17.5 Å². The number of nitrogens with one attached hydrogen (secondary N) is 2.